The Hall–Kier alpha value is -1.46. The van der Waals surface area contributed by atoms with Crippen LogP contribution >= 0.6 is 27.7 Å². The fourth-order valence-electron chi connectivity index (χ4n) is 2.38. The Balaban J connectivity index is 1.81. The van der Waals surface area contributed by atoms with Gasteiger partial charge in [-0.1, -0.05) is 34.1 Å². The molecular weight excluding hydrogens is 360 g/mol. The lowest BCUT2D eigenvalue weighted by Crippen LogP contribution is -2.20. The summed E-state index contributed by atoms with van der Waals surface area (Å²) >= 11 is 5.33. The minimum atomic E-state index is 0.854. The number of hydrogen-bond acceptors (Lipinski definition) is 4. The van der Waals surface area contributed by atoms with Crippen LogP contribution in [0.3, 0.4) is 0 Å². The zero-order valence-electron chi connectivity index (χ0n) is 12.3. The Bertz CT molecular complexity index is 703. The molecular formula is C17H17BrN2OS. The summed E-state index contributed by atoms with van der Waals surface area (Å²) in [6.45, 7) is 1.78. The molecule has 0 unspecified atom stereocenters. The number of nitrogens with one attached hydrogen (secondary N) is 1. The van der Waals surface area contributed by atoms with Crippen molar-refractivity contribution < 1.29 is 4.74 Å². The maximum Gasteiger partial charge on any atom is 0.129 e. The van der Waals surface area contributed by atoms with Gasteiger partial charge in [0, 0.05) is 32.8 Å². The van der Waals surface area contributed by atoms with Gasteiger partial charge in [0.25, 0.3) is 0 Å². The van der Waals surface area contributed by atoms with Crippen molar-refractivity contribution in [3.05, 3.63) is 58.1 Å². The van der Waals surface area contributed by atoms with Crippen LogP contribution in [-0.4, -0.2) is 26.0 Å². The van der Waals surface area contributed by atoms with Crippen molar-refractivity contribution in [2.45, 2.75) is 10.6 Å². The largest absolute Gasteiger partial charge is 0.496 e. The monoisotopic (exact) mass is 376 g/mol. The Morgan fingerprint density at radius 3 is 2.91 bits per heavy atom. The highest BCUT2D eigenvalue weighted by Crippen LogP contribution is 2.32. The van der Waals surface area contributed by atoms with Gasteiger partial charge in [-0.2, -0.15) is 0 Å². The molecule has 0 saturated carbocycles. The molecule has 0 fully saturated rings. The highest BCUT2D eigenvalue weighted by molar-refractivity contribution is 9.10. The maximum atomic E-state index is 5.45. The second-order valence-electron chi connectivity index (χ2n) is 4.90. The van der Waals surface area contributed by atoms with E-state index in [9.17, 15) is 0 Å². The highest BCUT2D eigenvalue weighted by Gasteiger charge is 2.13. The molecule has 1 N–H and O–H groups in total. The smallest absolute Gasteiger partial charge is 0.129 e. The molecule has 1 aliphatic rings. The SMILES string of the molecule is COc1ccc(Br)cc1CSc1ccccc1C1=NCCN1. The van der Waals surface area contributed by atoms with Crippen molar-refractivity contribution in [1.82, 2.24) is 5.32 Å². The van der Waals surface area contributed by atoms with Crippen LogP contribution in [0.15, 0.2) is 56.8 Å². The summed E-state index contributed by atoms with van der Waals surface area (Å²) in [5, 5.41) is 3.35. The van der Waals surface area contributed by atoms with E-state index >= 15 is 0 Å². The lowest BCUT2D eigenvalue weighted by atomic mass is 10.2. The number of nitrogens with zero attached hydrogens (tertiary/aromatic N) is 1. The molecule has 22 heavy (non-hydrogen) atoms. The fourth-order valence-corrected chi connectivity index (χ4v) is 3.82. The summed E-state index contributed by atoms with van der Waals surface area (Å²) in [5.41, 5.74) is 2.36. The molecule has 0 atom stereocenters. The average Bonchev–Trinajstić information content (AvgIpc) is 3.07. The van der Waals surface area contributed by atoms with Crippen LogP contribution in [0, 0.1) is 0 Å². The van der Waals surface area contributed by atoms with E-state index in [1.165, 1.54) is 16.0 Å². The van der Waals surface area contributed by atoms with E-state index in [4.69, 9.17) is 4.74 Å². The van der Waals surface area contributed by atoms with Gasteiger partial charge in [-0.3, -0.25) is 4.99 Å². The summed E-state index contributed by atoms with van der Waals surface area (Å²) < 4.78 is 6.52. The van der Waals surface area contributed by atoms with Crippen LogP contribution in [0.2, 0.25) is 0 Å². The van der Waals surface area contributed by atoms with Gasteiger partial charge in [0.15, 0.2) is 0 Å². The van der Waals surface area contributed by atoms with Crippen molar-refractivity contribution in [2.75, 3.05) is 20.2 Å². The number of benzene rings is 2. The molecule has 0 aliphatic carbocycles. The lowest BCUT2D eigenvalue weighted by Gasteiger charge is -2.12. The molecule has 2 aromatic carbocycles. The quantitative estimate of drug-likeness (QED) is 0.797. The predicted molar refractivity (Wildman–Crippen MR) is 96.1 cm³/mol. The summed E-state index contributed by atoms with van der Waals surface area (Å²) in [7, 11) is 1.71. The minimum Gasteiger partial charge on any atom is -0.496 e. The second kappa shape index (κ2) is 7.20. The van der Waals surface area contributed by atoms with E-state index in [2.05, 4.69) is 56.6 Å². The molecule has 0 spiro atoms. The molecule has 3 rings (SSSR count). The molecule has 5 heteroatoms. The molecule has 0 saturated heterocycles. The second-order valence-corrected chi connectivity index (χ2v) is 6.83. The van der Waals surface area contributed by atoms with Gasteiger partial charge >= 0.3 is 0 Å². The first-order chi connectivity index (χ1) is 10.8. The van der Waals surface area contributed by atoms with Gasteiger partial charge in [-0.15, -0.1) is 11.8 Å². The van der Waals surface area contributed by atoms with Gasteiger partial charge in [-0.25, -0.2) is 0 Å². The molecule has 1 aliphatic heterocycles. The van der Waals surface area contributed by atoms with Crippen LogP contribution in [0.5, 0.6) is 5.75 Å². The van der Waals surface area contributed by atoms with Crippen molar-refractivity contribution in [2.24, 2.45) is 4.99 Å². The standard InChI is InChI=1S/C17H17BrN2OS/c1-21-15-7-6-13(18)10-12(15)11-22-16-5-3-2-4-14(16)17-19-8-9-20-17/h2-7,10H,8-9,11H2,1H3,(H,19,20). The third-order valence-electron chi connectivity index (χ3n) is 3.44. The maximum absolute atomic E-state index is 5.45. The van der Waals surface area contributed by atoms with E-state index in [1.54, 1.807) is 18.9 Å². The van der Waals surface area contributed by atoms with Gasteiger partial charge in [0.1, 0.15) is 11.6 Å². The van der Waals surface area contributed by atoms with Crippen LogP contribution < -0.4 is 10.1 Å². The molecule has 3 nitrogen and oxygen atoms in total. The van der Waals surface area contributed by atoms with Gasteiger partial charge in [0.2, 0.25) is 0 Å². The third-order valence-corrected chi connectivity index (χ3v) is 5.06. The van der Waals surface area contributed by atoms with Crippen LogP contribution in [-0.2, 0) is 5.75 Å². The first-order valence-electron chi connectivity index (χ1n) is 7.11. The molecule has 0 amide bonds. The molecule has 0 aromatic heterocycles. The molecule has 2 aromatic rings. The van der Waals surface area contributed by atoms with Crippen LogP contribution in [0.4, 0.5) is 0 Å². The van der Waals surface area contributed by atoms with E-state index < -0.39 is 0 Å². The predicted octanol–water partition coefficient (Wildman–Crippen LogP) is 4.10. The topological polar surface area (TPSA) is 33.6 Å². The first kappa shape index (κ1) is 15.4. The number of hydrogen-bond donors (Lipinski definition) is 1. The van der Waals surface area contributed by atoms with Crippen LogP contribution in [0.1, 0.15) is 11.1 Å². The fraction of sp³-hybridized carbons (Fsp3) is 0.235. The van der Waals surface area contributed by atoms with E-state index in [1.807, 2.05) is 12.1 Å². The third kappa shape index (κ3) is 3.47. The van der Waals surface area contributed by atoms with E-state index in [-0.39, 0.29) is 0 Å². The van der Waals surface area contributed by atoms with Gasteiger partial charge in [0.05, 0.1) is 13.7 Å². The number of aliphatic imine (C=N–C) groups is 1. The van der Waals surface area contributed by atoms with Crippen molar-refractivity contribution in [3.8, 4) is 5.75 Å². The summed E-state index contributed by atoms with van der Waals surface area (Å²) in [6, 6.07) is 14.5. The van der Waals surface area contributed by atoms with E-state index in [0.29, 0.717) is 0 Å². The summed E-state index contributed by atoms with van der Waals surface area (Å²) in [6.07, 6.45) is 0. The Morgan fingerprint density at radius 2 is 2.14 bits per heavy atom. The summed E-state index contributed by atoms with van der Waals surface area (Å²) in [4.78, 5) is 5.76. The van der Waals surface area contributed by atoms with E-state index in [0.717, 1.165) is 34.9 Å². The number of rotatable bonds is 5. The Kier molecular flexibility index (Phi) is 5.05. The molecule has 1 heterocycles. The Morgan fingerprint density at radius 1 is 1.27 bits per heavy atom. The van der Waals surface area contributed by atoms with Crippen molar-refractivity contribution >= 4 is 33.5 Å². The zero-order chi connectivity index (χ0) is 15.4. The number of halogens is 1. The number of amidine groups is 1. The van der Waals surface area contributed by atoms with Crippen molar-refractivity contribution in [3.63, 3.8) is 0 Å². The lowest BCUT2D eigenvalue weighted by molar-refractivity contribution is 0.411. The van der Waals surface area contributed by atoms with Gasteiger partial charge in [-0.05, 0) is 24.3 Å². The summed E-state index contributed by atoms with van der Waals surface area (Å²) in [5.74, 6) is 2.78. The molecule has 0 radical (unpaired) electrons. The minimum absolute atomic E-state index is 0.854. The molecule has 114 valence electrons. The number of thioether (sulfide) groups is 1. The average molecular weight is 377 g/mol. The van der Waals surface area contributed by atoms with Crippen LogP contribution in [0.25, 0.3) is 0 Å². The highest BCUT2D eigenvalue weighted by atomic mass is 79.9. The van der Waals surface area contributed by atoms with Gasteiger partial charge < -0.3 is 10.1 Å². The Labute approximate surface area is 143 Å². The molecule has 0 bridgehead atoms. The van der Waals surface area contributed by atoms with Crippen molar-refractivity contribution in [1.29, 1.82) is 0 Å². The number of ether oxygens (including phenoxy) is 1. The normalized spacial score (nSPS) is 13.6. The number of methoxy groups -OCH3 is 1. The zero-order valence-corrected chi connectivity index (χ0v) is 14.7. The first-order valence-corrected chi connectivity index (χ1v) is 8.89.